The maximum atomic E-state index is 8.73. The highest BCUT2D eigenvalue weighted by molar-refractivity contribution is 9.09. The second-order valence-electron chi connectivity index (χ2n) is 3.24. The predicted molar refractivity (Wildman–Crippen MR) is 61.3 cm³/mol. The van der Waals surface area contributed by atoms with E-state index in [0.717, 1.165) is 24.0 Å². The van der Waals surface area contributed by atoms with Crippen molar-refractivity contribution < 1.29 is 0 Å². The molecule has 1 aromatic carbocycles. The van der Waals surface area contributed by atoms with E-state index in [4.69, 9.17) is 5.26 Å². The van der Waals surface area contributed by atoms with Crippen molar-refractivity contribution in [1.29, 1.82) is 5.26 Å². The highest BCUT2D eigenvalue weighted by Gasteiger charge is 1.99. The summed E-state index contributed by atoms with van der Waals surface area (Å²) in [5, 5.41) is 9.70. The SMILES string of the molecule is CN(CCBr)Cc1cccc(C#N)c1. The molecule has 1 aromatic rings. The molecule has 0 N–H and O–H groups in total. The van der Waals surface area contributed by atoms with Gasteiger partial charge in [-0.15, -0.1) is 0 Å². The van der Waals surface area contributed by atoms with E-state index in [9.17, 15) is 0 Å². The predicted octanol–water partition coefficient (Wildman–Crippen LogP) is 2.38. The van der Waals surface area contributed by atoms with E-state index in [1.807, 2.05) is 24.3 Å². The van der Waals surface area contributed by atoms with Crippen LogP contribution < -0.4 is 0 Å². The zero-order valence-corrected chi connectivity index (χ0v) is 9.79. The highest BCUT2D eigenvalue weighted by Crippen LogP contribution is 2.06. The molecule has 0 aromatic heterocycles. The molecule has 0 amide bonds. The maximum Gasteiger partial charge on any atom is 0.0991 e. The molecule has 3 heteroatoms. The van der Waals surface area contributed by atoms with Crippen molar-refractivity contribution in [2.24, 2.45) is 0 Å². The molecule has 0 saturated carbocycles. The van der Waals surface area contributed by atoms with Crippen molar-refractivity contribution in [3.8, 4) is 6.07 Å². The van der Waals surface area contributed by atoms with Crippen LogP contribution in [0.2, 0.25) is 0 Å². The Morgan fingerprint density at radius 2 is 2.29 bits per heavy atom. The minimum absolute atomic E-state index is 0.731. The zero-order valence-electron chi connectivity index (χ0n) is 8.20. The molecular formula is C11H13BrN2. The lowest BCUT2D eigenvalue weighted by Gasteiger charge is -2.14. The minimum Gasteiger partial charge on any atom is -0.301 e. The van der Waals surface area contributed by atoms with E-state index in [0.29, 0.717) is 0 Å². The summed E-state index contributed by atoms with van der Waals surface area (Å²) in [5.74, 6) is 0. The third kappa shape index (κ3) is 3.49. The number of halogens is 1. The molecule has 0 aliphatic carbocycles. The largest absolute Gasteiger partial charge is 0.301 e. The Hall–Kier alpha value is -0.850. The van der Waals surface area contributed by atoms with E-state index in [-0.39, 0.29) is 0 Å². The van der Waals surface area contributed by atoms with Crippen LogP contribution >= 0.6 is 15.9 Å². The first kappa shape index (κ1) is 11.2. The quantitative estimate of drug-likeness (QED) is 0.770. The van der Waals surface area contributed by atoms with Gasteiger partial charge in [-0.3, -0.25) is 0 Å². The normalized spacial score (nSPS) is 10.1. The van der Waals surface area contributed by atoms with Gasteiger partial charge in [0.2, 0.25) is 0 Å². The van der Waals surface area contributed by atoms with Crippen LogP contribution in [-0.4, -0.2) is 23.8 Å². The summed E-state index contributed by atoms with van der Waals surface area (Å²) in [6, 6.07) is 9.88. The summed E-state index contributed by atoms with van der Waals surface area (Å²) in [4.78, 5) is 2.21. The Morgan fingerprint density at radius 1 is 1.50 bits per heavy atom. The molecule has 0 unspecified atom stereocenters. The molecular weight excluding hydrogens is 240 g/mol. The number of hydrogen-bond donors (Lipinski definition) is 0. The van der Waals surface area contributed by atoms with Crippen LogP contribution in [0, 0.1) is 11.3 Å². The van der Waals surface area contributed by atoms with Crippen LogP contribution in [0.3, 0.4) is 0 Å². The molecule has 74 valence electrons. The molecule has 14 heavy (non-hydrogen) atoms. The number of nitrogens with zero attached hydrogens (tertiary/aromatic N) is 2. The van der Waals surface area contributed by atoms with Gasteiger partial charge in [-0.25, -0.2) is 0 Å². The third-order valence-electron chi connectivity index (χ3n) is 1.97. The number of alkyl halides is 1. The van der Waals surface area contributed by atoms with Crippen LogP contribution in [-0.2, 0) is 6.54 Å². The average Bonchev–Trinajstić information content (AvgIpc) is 2.18. The van der Waals surface area contributed by atoms with Crippen LogP contribution in [0.4, 0.5) is 0 Å². The smallest absolute Gasteiger partial charge is 0.0991 e. The highest BCUT2D eigenvalue weighted by atomic mass is 79.9. The van der Waals surface area contributed by atoms with Gasteiger partial charge in [0.05, 0.1) is 11.6 Å². The van der Waals surface area contributed by atoms with Crippen molar-refractivity contribution in [2.75, 3.05) is 18.9 Å². The molecule has 2 nitrogen and oxygen atoms in total. The molecule has 0 bridgehead atoms. The average molecular weight is 253 g/mol. The van der Waals surface area contributed by atoms with E-state index >= 15 is 0 Å². The van der Waals surface area contributed by atoms with Crippen LogP contribution in [0.25, 0.3) is 0 Å². The minimum atomic E-state index is 0.731. The monoisotopic (exact) mass is 252 g/mol. The Kier molecular flexibility index (Phi) is 4.64. The van der Waals surface area contributed by atoms with Gasteiger partial charge in [0.25, 0.3) is 0 Å². The molecule has 0 saturated heterocycles. The number of rotatable bonds is 4. The van der Waals surface area contributed by atoms with Crippen molar-refractivity contribution in [1.82, 2.24) is 4.90 Å². The Balaban J connectivity index is 2.63. The lowest BCUT2D eigenvalue weighted by atomic mass is 10.1. The standard InChI is InChI=1S/C11H13BrN2/c1-14(6-5-12)9-11-4-2-3-10(7-11)8-13/h2-4,7H,5-6,9H2,1H3. The van der Waals surface area contributed by atoms with Crippen molar-refractivity contribution >= 4 is 15.9 Å². The van der Waals surface area contributed by atoms with Gasteiger partial charge < -0.3 is 4.90 Å². The first-order chi connectivity index (χ1) is 6.76. The van der Waals surface area contributed by atoms with Crippen molar-refractivity contribution in [2.45, 2.75) is 6.54 Å². The molecule has 1 rings (SSSR count). The number of benzene rings is 1. The van der Waals surface area contributed by atoms with Crippen LogP contribution in [0.15, 0.2) is 24.3 Å². The van der Waals surface area contributed by atoms with Gasteiger partial charge in [-0.05, 0) is 24.7 Å². The van der Waals surface area contributed by atoms with Gasteiger partial charge in [-0.2, -0.15) is 5.26 Å². The van der Waals surface area contributed by atoms with Crippen LogP contribution in [0.1, 0.15) is 11.1 Å². The van der Waals surface area contributed by atoms with E-state index in [1.54, 1.807) is 0 Å². The summed E-state index contributed by atoms with van der Waals surface area (Å²) in [7, 11) is 2.07. The summed E-state index contributed by atoms with van der Waals surface area (Å²) >= 11 is 3.40. The number of hydrogen-bond acceptors (Lipinski definition) is 2. The summed E-state index contributed by atoms with van der Waals surface area (Å²) in [6.45, 7) is 1.90. The molecule has 0 aliphatic heterocycles. The molecule has 0 radical (unpaired) electrons. The lowest BCUT2D eigenvalue weighted by Crippen LogP contribution is -2.19. The fourth-order valence-electron chi connectivity index (χ4n) is 1.27. The fourth-order valence-corrected chi connectivity index (χ4v) is 1.88. The van der Waals surface area contributed by atoms with Gasteiger partial charge in [0, 0.05) is 18.4 Å². The Labute approximate surface area is 93.3 Å². The fraction of sp³-hybridized carbons (Fsp3) is 0.364. The first-order valence-electron chi connectivity index (χ1n) is 4.50. The van der Waals surface area contributed by atoms with Crippen LogP contribution in [0.5, 0.6) is 0 Å². The lowest BCUT2D eigenvalue weighted by molar-refractivity contribution is 0.349. The Morgan fingerprint density at radius 3 is 2.93 bits per heavy atom. The van der Waals surface area contributed by atoms with Gasteiger partial charge in [0.15, 0.2) is 0 Å². The van der Waals surface area contributed by atoms with E-state index in [1.165, 1.54) is 5.56 Å². The zero-order chi connectivity index (χ0) is 10.4. The molecule has 0 aliphatic rings. The number of nitriles is 1. The van der Waals surface area contributed by atoms with Crippen molar-refractivity contribution in [3.05, 3.63) is 35.4 Å². The van der Waals surface area contributed by atoms with Crippen molar-refractivity contribution in [3.63, 3.8) is 0 Å². The van der Waals surface area contributed by atoms with Gasteiger partial charge in [-0.1, -0.05) is 28.1 Å². The van der Waals surface area contributed by atoms with Gasteiger partial charge in [0.1, 0.15) is 0 Å². The third-order valence-corrected chi connectivity index (χ3v) is 2.33. The van der Waals surface area contributed by atoms with E-state index in [2.05, 4.69) is 33.9 Å². The summed E-state index contributed by atoms with van der Waals surface area (Å²) < 4.78 is 0. The molecule has 0 fully saturated rings. The topological polar surface area (TPSA) is 27.0 Å². The van der Waals surface area contributed by atoms with Gasteiger partial charge >= 0.3 is 0 Å². The second-order valence-corrected chi connectivity index (χ2v) is 4.03. The molecule has 0 spiro atoms. The molecule has 0 atom stereocenters. The Bertz CT molecular complexity index is 330. The second kappa shape index (κ2) is 5.79. The van der Waals surface area contributed by atoms with E-state index < -0.39 is 0 Å². The summed E-state index contributed by atoms with van der Waals surface area (Å²) in [5.41, 5.74) is 1.92. The molecule has 0 heterocycles. The summed E-state index contributed by atoms with van der Waals surface area (Å²) in [6.07, 6.45) is 0. The first-order valence-corrected chi connectivity index (χ1v) is 5.62. The maximum absolute atomic E-state index is 8.73.